The molecule has 2 aliphatic rings. The van der Waals surface area contributed by atoms with Crippen molar-refractivity contribution in [3.63, 3.8) is 0 Å². The van der Waals surface area contributed by atoms with E-state index in [1.54, 1.807) is 0 Å². The number of nitrogens with zero attached hydrogens (tertiary/aromatic N) is 1. The normalized spacial score (nSPS) is 20.8. The molecule has 2 aromatic carbocycles. The summed E-state index contributed by atoms with van der Waals surface area (Å²) in [6.07, 6.45) is 2.34. The van der Waals surface area contributed by atoms with Crippen LogP contribution in [0.4, 0.5) is 4.79 Å². The Bertz CT molecular complexity index is 893. The van der Waals surface area contributed by atoms with Crippen molar-refractivity contribution in [2.24, 2.45) is 0 Å². The van der Waals surface area contributed by atoms with E-state index in [0.717, 1.165) is 29.5 Å². The number of esters is 1. The second kappa shape index (κ2) is 7.89. The third-order valence-electron chi connectivity index (χ3n) is 5.65. The van der Waals surface area contributed by atoms with Crippen molar-refractivity contribution in [1.29, 1.82) is 0 Å². The molecule has 1 fully saturated rings. The van der Waals surface area contributed by atoms with Gasteiger partial charge in [-0.3, -0.25) is 0 Å². The Kier molecular flexibility index (Phi) is 5.15. The van der Waals surface area contributed by atoms with Crippen molar-refractivity contribution in [2.45, 2.75) is 37.9 Å². The Morgan fingerprint density at radius 1 is 1.04 bits per heavy atom. The minimum absolute atomic E-state index is 0.101. The quantitative estimate of drug-likeness (QED) is 0.827. The monoisotopic (exact) mass is 376 g/mol. The van der Waals surface area contributed by atoms with E-state index in [1.165, 1.54) is 7.11 Å². The number of benzene rings is 2. The second-order valence-corrected chi connectivity index (χ2v) is 7.25. The lowest BCUT2D eigenvalue weighted by Gasteiger charge is -2.37. The molecule has 0 saturated carbocycles. The Morgan fingerprint density at radius 2 is 1.71 bits per heavy atom. The second-order valence-electron chi connectivity index (χ2n) is 7.25. The van der Waals surface area contributed by atoms with Gasteiger partial charge in [0.1, 0.15) is 0 Å². The third kappa shape index (κ3) is 3.40. The van der Waals surface area contributed by atoms with E-state index in [4.69, 9.17) is 4.74 Å². The smallest absolute Gasteiger partial charge is 0.336 e. The summed E-state index contributed by atoms with van der Waals surface area (Å²) in [6, 6.07) is 19.5. The number of carbonyl (C=O) groups is 2. The number of hydrogen-bond donors (Lipinski definition) is 1. The highest BCUT2D eigenvalue weighted by molar-refractivity contribution is 6.01. The van der Waals surface area contributed by atoms with Gasteiger partial charge >= 0.3 is 12.0 Å². The highest BCUT2D eigenvalue weighted by Gasteiger charge is 2.46. The van der Waals surface area contributed by atoms with Crippen LogP contribution in [0.15, 0.2) is 66.2 Å². The lowest BCUT2D eigenvalue weighted by molar-refractivity contribution is -0.136. The summed E-state index contributed by atoms with van der Waals surface area (Å²) in [6.45, 7) is 0.471. The largest absolute Gasteiger partial charge is 0.466 e. The topological polar surface area (TPSA) is 58.6 Å². The molecule has 5 heteroatoms. The zero-order valence-corrected chi connectivity index (χ0v) is 15.9. The molecule has 1 saturated heterocycles. The van der Waals surface area contributed by atoms with Crippen LogP contribution in [0.2, 0.25) is 0 Å². The lowest BCUT2D eigenvalue weighted by atomic mass is 9.88. The van der Waals surface area contributed by atoms with E-state index in [9.17, 15) is 9.59 Å². The highest BCUT2D eigenvalue weighted by Crippen LogP contribution is 2.43. The van der Waals surface area contributed by atoms with Crippen LogP contribution in [0, 0.1) is 0 Å². The standard InChI is InChI=1S/C23H24N2O3/c1-28-22(26)21-19(17-10-6-3-7-11-17)14-18-12-13-20(21)25(18)23(27)24-15-16-8-4-2-5-9-16/h2-11,18,20H,12-15H2,1H3,(H,24,27)/t18-,20+/m0/s1. The molecular weight excluding hydrogens is 352 g/mol. The van der Waals surface area contributed by atoms with Gasteiger partial charge in [-0.25, -0.2) is 9.59 Å². The summed E-state index contributed by atoms with van der Waals surface area (Å²) in [5, 5.41) is 3.01. The van der Waals surface area contributed by atoms with E-state index in [1.807, 2.05) is 65.6 Å². The molecule has 0 unspecified atom stereocenters. The summed E-state index contributed by atoms with van der Waals surface area (Å²) in [5.74, 6) is -0.343. The van der Waals surface area contributed by atoms with Gasteiger partial charge in [-0.1, -0.05) is 60.7 Å². The SMILES string of the molecule is COC(=O)C1=C(c2ccccc2)C[C@@H]2CC[C@H]1N2C(=O)NCc1ccccc1. The molecule has 1 N–H and O–H groups in total. The number of ether oxygens (including phenoxy) is 1. The zero-order valence-electron chi connectivity index (χ0n) is 15.9. The van der Waals surface area contributed by atoms with Crippen molar-refractivity contribution in [3.05, 3.63) is 77.4 Å². The van der Waals surface area contributed by atoms with E-state index >= 15 is 0 Å². The van der Waals surface area contributed by atoms with Gasteiger partial charge in [0.25, 0.3) is 0 Å². The number of carbonyl (C=O) groups excluding carboxylic acids is 2. The van der Waals surface area contributed by atoms with Gasteiger partial charge in [-0.2, -0.15) is 0 Å². The van der Waals surface area contributed by atoms with Gasteiger partial charge in [0, 0.05) is 12.6 Å². The predicted molar refractivity (Wildman–Crippen MR) is 107 cm³/mol. The molecule has 2 aliphatic heterocycles. The molecule has 4 rings (SSSR count). The van der Waals surface area contributed by atoms with Crippen LogP contribution in [0.25, 0.3) is 5.57 Å². The van der Waals surface area contributed by atoms with Gasteiger partial charge in [-0.05, 0) is 36.0 Å². The molecule has 2 atom stereocenters. The molecule has 2 bridgehead atoms. The highest BCUT2D eigenvalue weighted by atomic mass is 16.5. The average Bonchev–Trinajstić information content (AvgIpc) is 3.06. The summed E-state index contributed by atoms with van der Waals surface area (Å²) in [7, 11) is 1.40. The first-order chi connectivity index (χ1) is 13.7. The third-order valence-corrected chi connectivity index (χ3v) is 5.65. The van der Waals surface area contributed by atoms with Crippen LogP contribution in [-0.2, 0) is 16.1 Å². The van der Waals surface area contributed by atoms with Crippen LogP contribution in [0.5, 0.6) is 0 Å². The first kappa shape index (κ1) is 18.3. The minimum atomic E-state index is -0.343. The van der Waals surface area contributed by atoms with Crippen molar-refractivity contribution < 1.29 is 14.3 Å². The summed E-state index contributed by atoms with van der Waals surface area (Å²) >= 11 is 0. The van der Waals surface area contributed by atoms with E-state index in [2.05, 4.69) is 5.32 Å². The molecule has 0 radical (unpaired) electrons. The van der Waals surface area contributed by atoms with Crippen LogP contribution in [0.1, 0.15) is 30.4 Å². The van der Waals surface area contributed by atoms with Crippen molar-refractivity contribution >= 4 is 17.6 Å². The Hall–Kier alpha value is -3.08. The minimum Gasteiger partial charge on any atom is -0.466 e. The molecule has 28 heavy (non-hydrogen) atoms. The first-order valence-corrected chi connectivity index (χ1v) is 9.66. The number of hydrogen-bond acceptors (Lipinski definition) is 3. The summed E-state index contributed by atoms with van der Waals surface area (Å²) in [4.78, 5) is 27.5. The summed E-state index contributed by atoms with van der Waals surface area (Å²) in [5.41, 5.74) is 3.71. The van der Waals surface area contributed by atoms with Crippen LogP contribution < -0.4 is 5.32 Å². The Morgan fingerprint density at radius 3 is 2.39 bits per heavy atom. The number of nitrogens with one attached hydrogen (secondary N) is 1. The number of amides is 2. The van der Waals surface area contributed by atoms with Crippen molar-refractivity contribution in [2.75, 3.05) is 7.11 Å². The molecular formula is C23H24N2O3. The molecule has 2 amide bonds. The van der Waals surface area contributed by atoms with Crippen molar-refractivity contribution in [1.82, 2.24) is 10.2 Å². The lowest BCUT2D eigenvalue weighted by Crippen LogP contribution is -2.50. The number of urea groups is 1. The molecule has 0 aromatic heterocycles. The molecule has 144 valence electrons. The van der Waals surface area contributed by atoms with Gasteiger partial charge in [-0.15, -0.1) is 0 Å². The fraction of sp³-hybridized carbons (Fsp3) is 0.304. The van der Waals surface area contributed by atoms with Crippen LogP contribution in [-0.4, -0.2) is 36.1 Å². The summed E-state index contributed by atoms with van der Waals surface area (Å²) < 4.78 is 5.09. The maximum Gasteiger partial charge on any atom is 0.336 e. The van der Waals surface area contributed by atoms with E-state index in [0.29, 0.717) is 18.5 Å². The number of methoxy groups -OCH3 is 1. The first-order valence-electron chi connectivity index (χ1n) is 9.66. The fourth-order valence-electron chi connectivity index (χ4n) is 4.37. The van der Waals surface area contributed by atoms with Crippen molar-refractivity contribution in [3.8, 4) is 0 Å². The molecule has 0 spiro atoms. The maximum absolute atomic E-state index is 13.0. The molecule has 0 aliphatic carbocycles. The molecule has 2 aromatic rings. The van der Waals surface area contributed by atoms with Gasteiger partial charge in [0.15, 0.2) is 0 Å². The molecule has 2 heterocycles. The molecule has 5 nitrogen and oxygen atoms in total. The number of rotatable bonds is 4. The van der Waals surface area contributed by atoms with Gasteiger partial charge < -0.3 is 15.0 Å². The number of fused-ring (bicyclic) bond motifs is 2. The van der Waals surface area contributed by atoms with Crippen LogP contribution >= 0.6 is 0 Å². The average molecular weight is 376 g/mol. The Balaban J connectivity index is 1.61. The predicted octanol–water partition coefficient (Wildman–Crippen LogP) is 3.76. The van der Waals surface area contributed by atoms with Gasteiger partial charge in [0.05, 0.1) is 18.7 Å². The maximum atomic E-state index is 13.0. The van der Waals surface area contributed by atoms with E-state index in [-0.39, 0.29) is 24.1 Å². The zero-order chi connectivity index (χ0) is 19.5. The van der Waals surface area contributed by atoms with Crippen LogP contribution in [0.3, 0.4) is 0 Å². The van der Waals surface area contributed by atoms with E-state index < -0.39 is 0 Å². The fourth-order valence-corrected chi connectivity index (χ4v) is 4.37. The Labute approximate surface area is 165 Å². The van der Waals surface area contributed by atoms with Gasteiger partial charge in [0.2, 0.25) is 0 Å².